The van der Waals surface area contributed by atoms with E-state index in [1.54, 1.807) is 6.07 Å². The molecule has 0 aliphatic heterocycles. The van der Waals surface area contributed by atoms with Crippen molar-refractivity contribution in [3.8, 4) is 5.75 Å². The van der Waals surface area contributed by atoms with E-state index in [0.717, 1.165) is 22.5 Å². The summed E-state index contributed by atoms with van der Waals surface area (Å²) < 4.78 is 5.89. The molecule has 0 spiro atoms. The fraction of sp³-hybridized carbons (Fsp3) is 0.111. The van der Waals surface area contributed by atoms with Gasteiger partial charge in [-0.1, -0.05) is 41.9 Å². The number of halogens is 1. The summed E-state index contributed by atoms with van der Waals surface area (Å²) in [6, 6.07) is 15.2. The third-order valence-electron chi connectivity index (χ3n) is 3.36. The van der Waals surface area contributed by atoms with Crippen molar-refractivity contribution in [2.24, 2.45) is 0 Å². The molecule has 24 heavy (non-hydrogen) atoms. The van der Waals surface area contributed by atoms with E-state index in [0.29, 0.717) is 28.8 Å². The molecule has 0 aliphatic carbocycles. The normalized spacial score (nSPS) is 10.5. The van der Waals surface area contributed by atoms with Gasteiger partial charge in [-0.25, -0.2) is 4.98 Å². The Morgan fingerprint density at radius 2 is 2.00 bits per heavy atom. The molecule has 0 N–H and O–H groups in total. The number of thiazole rings is 1. The summed E-state index contributed by atoms with van der Waals surface area (Å²) in [7, 11) is 0. The van der Waals surface area contributed by atoms with Crippen molar-refractivity contribution < 1.29 is 14.6 Å². The van der Waals surface area contributed by atoms with Crippen LogP contribution in [0.2, 0.25) is 5.02 Å². The summed E-state index contributed by atoms with van der Waals surface area (Å²) in [5, 5.41) is 12.1. The van der Waals surface area contributed by atoms with Crippen molar-refractivity contribution in [2.75, 3.05) is 0 Å². The van der Waals surface area contributed by atoms with Crippen LogP contribution >= 0.6 is 22.9 Å². The van der Waals surface area contributed by atoms with E-state index < -0.39 is 5.97 Å². The SMILES string of the molecule is O=C([O-])c1cnc(Cc2cc(Cl)ccc2OCc2ccccc2)s1. The number of hydrogen-bond acceptors (Lipinski definition) is 5. The van der Waals surface area contributed by atoms with Crippen LogP contribution in [0.15, 0.2) is 54.7 Å². The van der Waals surface area contributed by atoms with Gasteiger partial charge < -0.3 is 14.6 Å². The Balaban J connectivity index is 1.78. The van der Waals surface area contributed by atoms with E-state index in [-0.39, 0.29) is 4.88 Å². The Hall–Kier alpha value is -2.37. The molecule has 0 unspecified atom stereocenters. The number of hydrogen-bond donors (Lipinski definition) is 0. The third-order valence-corrected chi connectivity index (χ3v) is 4.57. The first-order chi connectivity index (χ1) is 11.6. The van der Waals surface area contributed by atoms with Crippen LogP contribution in [0.25, 0.3) is 0 Å². The Labute approximate surface area is 148 Å². The minimum absolute atomic E-state index is 0.110. The molecule has 2 aromatic carbocycles. The third kappa shape index (κ3) is 4.13. The maximum Gasteiger partial charge on any atom is 0.123 e. The summed E-state index contributed by atoms with van der Waals surface area (Å²) >= 11 is 7.17. The number of carbonyl (C=O) groups excluding carboxylic acids is 1. The highest BCUT2D eigenvalue weighted by Crippen LogP contribution is 2.27. The summed E-state index contributed by atoms with van der Waals surface area (Å²) in [4.78, 5) is 15.1. The van der Waals surface area contributed by atoms with Gasteiger partial charge in [0.15, 0.2) is 0 Å². The lowest BCUT2D eigenvalue weighted by Gasteiger charge is -2.11. The van der Waals surface area contributed by atoms with Gasteiger partial charge in [-0.05, 0) is 23.8 Å². The lowest BCUT2D eigenvalue weighted by atomic mass is 10.1. The zero-order valence-electron chi connectivity index (χ0n) is 12.6. The molecule has 1 heterocycles. The monoisotopic (exact) mass is 358 g/mol. The van der Waals surface area contributed by atoms with E-state index in [2.05, 4.69) is 4.98 Å². The number of aromatic nitrogens is 1. The molecule has 0 saturated heterocycles. The van der Waals surface area contributed by atoms with Crippen LogP contribution in [0.5, 0.6) is 5.75 Å². The molecule has 0 amide bonds. The van der Waals surface area contributed by atoms with E-state index in [1.807, 2.05) is 42.5 Å². The van der Waals surface area contributed by atoms with Crippen molar-refractivity contribution >= 4 is 28.9 Å². The smallest absolute Gasteiger partial charge is 0.123 e. The van der Waals surface area contributed by atoms with Gasteiger partial charge in [0.05, 0.1) is 15.9 Å². The standard InChI is InChI=1S/C18H14ClNO3S/c19-14-6-7-15(23-11-12-4-2-1-3-5-12)13(8-14)9-17-20-10-16(24-17)18(21)22/h1-8,10H,9,11H2,(H,21,22)/p-1. The van der Waals surface area contributed by atoms with Gasteiger partial charge in [0.25, 0.3) is 0 Å². The van der Waals surface area contributed by atoms with Gasteiger partial charge in [-0.2, -0.15) is 0 Å². The minimum atomic E-state index is -1.22. The molecule has 3 aromatic rings. The predicted molar refractivity (Wildman–Crippen MR) is 91.5 cm³/mol. The highest BCUT2D eigenvalue weighted by Gasteiger charge is 2.10. The topological polar surface area (TPSA) is 62.2 Å². The zero-order valence-corrected chi connectivity index (χ0v) is 14.1. The number of ether oxygens (including phenoxy) is 1. The Morgan fingerprint density at radius 1 is 1.21 bits per heavy atom. The molecule has 3 rings (SSSR count). The predicted octanol–water partition coefficient (Wildman–Crippen LogP) is 3.33. The Bertz CT molecular complexity index is 848. The van der Waals surface area contributed by atoms with Crippen LogP contribution in [0, 0.1) is 0 Å². The average Bonchev–Trinajstić information content (AvgIpc) is 3.04. The maximum absolute atomic E-state index is 10.9. The lowest BCUT2D eigenvalue weighted by Crippen LogP contribution is -2.20. The van der Waals surface area contributed by atoms with E-state index in [4.69, 9.17) is 16.3 Å². The van der Waals surface area contributed by atoms with Crippen molar-refractivity contribution in [1.29, 1.82) is 0 Å². The first kappa shape index (κ1) is 16.5. The maximum atomic E-state index is 10.9. The quantitative estimate of drug-likeness (QED) is 0.678. The van der Waals surface area contributed by atoms with E-state index >= 15 is 0 Å². The number of nitrogens with zero attached hydrogens (tertiary/aromatic N) is 1. The molecule has 122 valence electrons. The fourth-order valence-corrected chi connectivity index (χ4v) is 3.18. The van der Waals surface area contributed by atoms with Crippen LogP contribution in [-0.2, 0) is 13.0 Å². The second-order valence-corrected chi connectivity index (χ2v) is 6.66. The lowest BCUT2D eigenvalue weighted by molar-refractivity contribution is -0.254. The number of aromatic carboxylic acids is 1. The fourth-order valence-electron chi connectivity index (χ4n) is 2.21. The Morgan fingerprint density at radius 3 is 2.71 bits per heavy atom. The van der Waals surface area contributed by atoms with Crippen molar-refractivity contribution in [2.45, 2.75) is 13.0 Å². The van der Waals surface area contributed by atoms with Gasteiger partial charge in [-0.3, -0.25) is 0 Å². The van der Waals surface area contributed by atoms with Crippen LogP contribution in [0.3, 0.4) is 0 Å². The van der Waals surface area contributed by atoms with Crippen LogP contribution < -0.4 is 9.84 Å². The second kappa shape index (κ2) is 7.47. The summed E-state index contributed by atoms with van der Waals surface area (Å²) in [5.41, 5.74) is 1.92. The summed E-state index contributed by atoms with van der Waals surface area (Å²) in [5.74, 6) is -0.515. The molecule has 6 heteroatoms. The first-order valence-electron chi connectivity index (χ1n) is 7.23. The van der Waals surface area contributed by atoms with Crippen molar-refractivity contribution in [3.05, 3.63) is 80.8 Å². The molecule has 0 radical (unpaired) electrons. The minimum Gasteiger partial charge on any atom is -0.544 e. The molecule has 0 bridgehead atoms. The molecule has 0 saturated carbocycles. The van der Waals surface area contributed by atoms with Crippen molar-refractivity contribution in [3.63, 3.8) is 0 Å². The Kier molecular flexibility index (Phi) is 5.13. The van der Waals surface area contributed by atoms with Gasteiger partial charge in [0, 0.05) is 23.2 Å². The number of carboxylic acids is 1. The van der Waals surface area contributed by atoms with Crippen LogP contribution in [0.1, 0.15) is 25.8 Å². The summed E-state index contributed by atoms with van der Waals surface area (Å²) in [6.07, 6.45) is 1.76. The number of carbonyl (C=O) groups is 1. The average molecular weight is 359 g/mol. The molecule has 0 aliphatic rings. The highest BCUT2D eigenvalue weighted by molar-refractivity contribution is 7.13. The van der Waals surface area contributed by atoms with E-state index in [1.165, 1.54) is 6.20 Å². The second-order valence-electron chi connectivity index (χ2n) is 5.11. The van der Waals surface area contributed by atoms with Gasteiger partial charge in [0.2, 0.25) is 0 Å². The van der Waals surface area contributed by atoms with Crippen LogP contribution in [0.4, 0.5) is 0 Å². The number of carboxylic acid groups (broad SMARTS) is 1. The van der Waals surface area contributed by atoms with Gasteiger partial charge in [-0.15, -0.1) is 11.3 Å². The van der Waals surface area contributed by atoms with Gasteiger partial charge in [0.1, 0.15) is 12.4 Å². The molecule has 0 atom stereocenters. The van der Waals surface area contributed by atoms with E-state index in [9.17, 15) is 9.90 Å². The molecular formula is C18H13ClNO3S-. The number of rotatable bonds is 6. The summed E-state index contributed by atoms with van der Waals surface area (Å²) in [6.45, 7) is 0.442. The molecule has 0 fully saturated rings. The molecule has 1 aromatic heterocycles. The first-order valence-corrected chi connectivity index (χ1v) is 8.42. The molecular weight excluding hydrogens is 346 g/mol. The van der Waals surface area contributed by atoms with Crippen molar-refractivity contribution in [1.82, 2.24) is 4.98 Å². The van der Waals surface area contributed by atoms with Gasteiger partial charge >= 0.3 is 0 Å². The number of benzene rings is 2. The highest BCUT2D eigenvalue weighted by atomic mass is 35.5. The largest absolute Gasteiger partial charge is 0.544 e. The molecule has 4 nitrogen and oxygen atoms in total. The zero-order chi connectivity index (χ0) is 16.9. The van der Waals surface area contributed by atoms with Crippen LogP contribution in [-0.4, -0.2) is 11.0 Å².